The third-order valence-electron chi connectivity index (χ3n) is 3.84. The maximum Gasteiger partial charge on any atom is 0.164 e. The lowest BCUT2D eigenvalue weighted by Crippen LogP contribution is -1.98. The molecule has 0 unspecified atom stereocenters. The van der Waals surface area contributed by atoms with E-state index in [-0.39, 0.29) is 0 Å². The first kappa shape index (κ1) is 16.0. The second kappa shape index (κ2) is 6.78. The van der Waals surface area contributed by atoms with Gasteiger partial charge in [0.05, 0.1) is 16.1 Å². The van der Waals surface area contributed by atoms with E-state index in [0.717, 1.165) is 33.7 Å². The Balaban J connectivity index is 1.88. The van der Waals surface area contributed by atoms with Crippen LogP contribution in [-0.2, 0) is 6.42 Å². The molecule has 6 heteroatoms. The van der Waals surface area contributed by atoms with Crippen LogP contribution >= 0.6 is 22.9 Å². The smallest absolute Gasteiger partial charge is 0.164 e. The number of aryl methyl sites for hydroxylation is 1. The van der Waals surface area contributed by atoms with Crippen LogP contribution in [0.1, 0.15) is 11.8 Å². The van der Waals surface area contributed by atoms with E-state index in [2.05, 4.69) is 23.3 Å². The number of halogens is 1. The summed E-state index contributed by atoms with van der Waals surface area (Å²) in [4.78, 5) is 15.9. The van der Waals surface area contributed by atoms with Crippen LogP contribution in [0.25, 0.3) is 21.6 Å². The Morgan fingerprint density at radius 1 is 1.12 bits per heavy atom. The first-order valence-electron chi connectivity index (χ1n) is 7.97. The summed E-state index contributed by atoms with van der Waals surface area (Å²) in [6, 6.07) is 13.6. The summed E-state index contributed by atoms with van der Waals surface area (Å²) in [6.07, 6.45) is 4.48. The number of anilines is 2. The number of aromatic nitrogens is 3. The molecule has 124 valence electrons. The van der Waals surface area contributed by atoms with Crippen molar-refractivity contribution < 1.29 is 0 Å². The molecule has 0 aliphatic carbocycles. The van der Waals surface area contributed by atoms with Crippen LogP contribution in [0, 0.1) is 0 Å². The van der Waals surface area contributed by atoms with Gasteiger partial charge in [0.25, 0.3) is 0 Å². The lowest BCUT2D eigenvalue weighted by Gasteiger charge is -2.10. The van der Waals surface area contributed by atoms with Crippen LogP contribution in [0.4, 0.5) is 11.5 Å². The number of hydrogen-bond donors (Lipinski definition) is 1. The molecule has 1 N–H and O–H groups in total. The number of nitrogens with one attached hydrogen (secondary N) is 1. The zero-order chi connectivity index (χ0) is 17.2. The van der Waals surface area contributed by atoms with Gasteiger partial charge in [-0.15, -0.1) is 11.3 Å². The van der Waals surface area contributed by atoms with Crippen molar-refractivity contribution in [3.63, 3.8) is 0 Å². The van der Waals surface area contributed by atoms with Crippen molar-refractivity contribution in [1.29, 1.82) is 0 Å². The number of para-hydroxylation sites is 1. The van der Waals surface area contributed by atoms with Crippen LogP contribution in [0.15, 0.2) is 54.9 Å². The summed E-state index contributed by atoms with van der Waals surface area (Å²) in [7, 11) is 0. The molecule has 0 bridgehead atoms. The van der Waals surface area contributed by atoms with Crippen molar-refractivity contribution in [2.24, 2.45) is 0 Å². The number of nitrogens with zero attached hydrogens (tertiary/aromatic N) is 3. The van der Waals surface area contributed by atoms with Crippen LogP contribution in [0.5, 0.6) is 0 Å². The standard InChI is InChI=1S/C19H15ClN4S/c1-2-13-10-14-18(22-16-8-4-3-7-15(16)20)23-17(24-19(14)25-13)12-6-5-9-21-11-12/h3-11H,2H2,1H3,(H,22,23,24). The zero-order valence-corrected chi connectivity index (χ0v) is 15.1. The maximum atomic E-state index is 6.30. The Morgan fingerprint density at radius 3 is 2.76 bits per heavy atom. The van der Waals surface area contributed by atoms with Crippen molar-refractivity contribution in [2.45, 2.75) is 13.3 Å². The predicted octanol–water partition coefficient (Wildman–Crippen LogP) is 5.71. The second-order valence-corrected chi connectivity index (χ2v) is 7.05. The third-order valence-corrected chi connectivity index (χ3v) is 5.34. The highest BCUT2D eigenvalue weighted by Crippen LogP contribution is 2.34. The largest absolute Gasteiger partial charge is 0.338 e. The molecule has 4 aromatic rings. The van der Waals surface area contributed by atoms with E-state index in [4.69, 9.17) is 21.6 Å². The van der Waals surface area contributed by atoms with Gasteiger partial charge in [-0.05, 0) is 36.8 Å². The Kier molecular flexibility index (Phi) is 4.34. The van der Waals surface area contributed by atoms with Gasteiger partial charge in [-0.1, -0.05) is 30.7 Å². The van der Waals surface area contributed by atoms with Gasteiger partial charge in [0.1, 0.15) is 10.6 Å². The molecule has 0 aliphatic heterocycles. The Bertz CT molecular complexity index is 1030. The molecule has 3 heterocycles. The fourth-order valence-corrected chi connectivity index (χ4v) is 3.71. The van der Waals surface area contributed by atoms with Gasteiger partial charge in [0.2, 0.25) is 0 Å². The molecular weight excluding hydrogens is 352 g/mol. The maximum absolute atomic E-state index is 6.30. The normalized spacial score (nSPS) is 11.0. The Labute approximate surface area is 154 Å². The number of hydrogen-bond acceptors (Lipinski definition) is 5. The van der Waals surface area contributed by atoms with Gasteiger partial charge in [0.15, 0.2) is 5.82 Å². The molecule has 0 spiro atoms. The summed E-state index contributed by atoms with van der Waals surface area (Å²) in [5, 5.41) is 5.03. The van der Waals surface area contributed by atoms with Gasteiger partial charge in [-0.25, -0.2) is 9.97 Å². The molecule has 25 heavy (non-hydrogen) atoms. The molecule has 0 radical (unpaired) electrons. The lowest BCUT2D eigenvalue weighted by atomic mass is 10.2. The number of benzene rings is 1. The summed E-state index contributed by atoms with van der Waals surface area (Å²) >= 11 is 7.99. The Morgan fingerprint density at radius 2 is 2.00 bits per heavy atom. The molecule has 4 rings (SSSR count). The fourth-order valence-electron chi connectivity index (χ4n) is 2.56. The van der Waals surface area contributed by atoms with E-state index in [9.17, 15) is 0 Å². The van der Waals surface area contributed by atoms with Crippen LogP contribution < -0.4 is 5.32 Å². The SMILES string of the molecule is CCc1cc2c(Nc3ccccc3Cl)nc(-c3cccnc3)nc2s1. The monoisotopic (exact) mass is 366 g/mol. The van der Waals surface area contributed by atoms with Crippen LogP contribution in [0.2, 0.25) is 5.02 Å². The average Bonchev–Trinajstić information content (AvgIpc) is 3.08. The van der Waals surface area contributed by atoms with Crippen molar-refractivity contribution >= 4 is 44.7 Å². The number of fused-ring (bicyclic) bond motifs is 1. The first-order valence-corrected chi connectivity index (χ1v) is 9.16. The number of rotatable bonds is 4. The summed E-state index contributed by atoms with van der Waals surface area (Å²) in [5.41, 5.74) is 1.71. The van der Waals surface area contributed by atoms with E-state index >= 15 is 0 Å². The van der Waals surface area contributed by atoms with Gasteiger partial charge in [-0.3, -0.25) is 4.98 Å². The molecule has 0 saturated heterocycles. The highest BCUT2D eigenvalue weighted by molar-refractivity contribution is 7.18. The molecule has 0 fully saturated rings. The quantitative estimate of drug-likeness (QED) is 0.502. The molecule has 3 aromatic heterocycles. The zero-order valence-electron chi connectivity index (χ0n) is 13.5. The van der Waals surface area contributed by atoms with Crippen molar-refractivity contribution in [3.05, 3.63) is 64.8 Å². The molecule has 4 nitrogen and oxygen atoms in total. The van der Waals surface area contributed by atoms with Crippen LogP contribution in [0.3, 0.4) is 0 Å². The summed E-state index contributed by atoms with van der Waals surface area (Å²) in [6.45, 7) is 2.14. The van der Waals surface area contributed by atoms with Crippen molar-refractivity contribution in [3.8, 4) is 11.4 Å². The fraction of sp³-hybridized carbons (Fsp3) is 0.105. The third kappa shape index (κ3) is 3.21. The lowest BCUT2D eigenvalue weighted by molar-refractivity contribution is 1.19. The minimum atomic E-state index is 0.652. The van der Waals surface area contributed by atoms with E-state index < -0.39 is 0 Å². The first-order chi connectivity index (χ1) is 12.2. The summed E-state index contributed by atoms with van der Waals surface area (Å²) < 4.78 is 0. The molecule has 0 amide bonds. The minimum Gasteiger partial charge on any atom is -0.338 e. The molecular formula is C19H15ClN4S. The van der Waals surface area contributed by atoms with Gasteiger partial charge in [0, 0.05) is 22.8 Å². The average molecular weight is 367 g/mol. The second-order valence-electron chi connectivity index (χ2n) is 5.53. The molecule has 0 atom stereocenters. The van der Waals surface area contributed by atoms with Gasteiger partial charge < -0.3 is 5.32 Å². The van der Waals surface area contributed by atoms with Crippen molar-refractivity contribution in [1.82, 2.24) is 15.0 Å². The highest BCUT2D eigenvalue weighted by atomic mass is 35.5. The minimum absolute atomic E-state index is 0.652. The van der Waals surface area contributed by atoms with Crippen LogP contribution in [-0.4, -0.2) is 15.0 Å². The van der Waals surface area contributed by atoms with E-state index in [1.807, 2.05) is 36.4 Å². The molecule has 0 aliphatic rings. The predicted molar refractivity (Wildman–Crippen MR) is 105 cm³/mol. The molecule has 1 aromatic carbocycles. The number of thiophene rings is 1. The highest BCUT2D eigenvalue weighted by Gasteiger charge is 2.14. The van der Waals surface area contributed by atoms with Gasteiger partial charge in [-0.2, -0.15) is 0 Å². The van der Waals surface area contributed by atoms with E-state index in [1.165, 1.54) is 4.88 Å². The van der Waals surface area contributed by atoms with Gasteiger partial charge >= 0.3 is 0 Å². The van der Waals surface area contributed by atoms with Crippen molar-refractivity contribution in [2.75, 3.05) is 5.32 Å². The number of pyridine rings is 1. The van der Waals surface area contributed by atoms with E-state index in [0.29, 0.717) is 10.8 Å². The Hall–Kier alpha value is -2.50. The van der Waals surface area contributed by atoms with E-state index in [1.54, 1.807) is 23.7 Å². The topological polar surface area (TPSA) is 50.7 Å². The summed E-state index contributed by atoms with van der Waals surface area (Å²) in [5.74, 6) is 1.41. The molecule has 0 saturated carbocycles.